The van der Waals surface area contributed by atoms with Crippen LogP contribution in [0.1, 0.15) is 17.3 Å². The Labute approximate surface area is 111 Å². The lowest BCUT2D eigenvalue weighted by Crippen LogP contribution is -2.42. The molecule has 1 fully saturated rings. The van der Waals surface area contributed by atoms with Gasteiger partial charge in [0.15, 0.2) is 5.82 Å². The molecule has 100 valence electrons. The van der Waals surface area contributed by atoms with Gasteiger partial charge in [0.05, 0.1) is 13.2 Å². The number of morpholine rings is 1. The smallest absolute Gasteiger partial charge is 0.228 e. The first-order valence-corrected chi connectivity index (χ1v) is 6.41. The number of pyridine rings is 1. The maximum atomic E-state index is 5.40. The van der Waals surface area contributed by atoms with Crippen molar-refractivity contribution in [1.29, 1.82) is 0 Å². The Balaban J connectivity index is 1.59. The van der Waals surface area contributed by atoms with E-state index in [1.54, 1.807) is 6.20 Å². The third kappa shape index (κ3) is 3.36. The van der Waals surface area contributed by atoms with Crippen molar-refractivity contribution in [3.05, 3.63) is 41.8 Å². The Kier molecular flexibility index (Phi) is 3.81. The summed E-state index contributed by atoms with van der Waals surface area (Å²) < 4.78 is 10.7. The Morgan fingerprint density at radius 2 is 2.42 bits per heavy atom. The highest BCUT2D eigenvalue weighted by molar-refractivity contribution is 5.13. The highest BCUT2D eigenvalue weighted by atomic mass is 16.5. The van der Waals surface area contributed by atoms with Crippen LogP contribution in [-0.2, 0) is 17.6 Å². The molecule has 1 N–H and O–H groups in total. The summed E-state index contributed by atoms with van der Waals surface area (Å²) in [5.74, 6) is 1.35. The first kappa shape index (κ1) is 12.3. The molecule has 0 radical (unpaired) electrons. The first-order valence-electron chi connectivity index (χ1n) is 6.41. The number of rotatable bonds is 4. The van der Waals surface area contributed by atoms with Gasteiger partial charge in [0, 0.05) is 37.8 Å². The molecule has 1 unspecified atom stereocenters. The molecular weight excluding hydrogens is 244 g/mol. The number of nitrogens with one attached hydrogen (secondary N) is 1. The van der Waals surface area contributed by atoms with E-state index in [0.29, 0.717) is 31.2 Å². The number of aromatic nitrogens is 3. The third-order valence-electron chi connectivity index (χ3n) is 3.01. The molecule has 19 heavy (non-hydrogen) atoms. The number of hydrogen-bond acceptors (Lipinski definition) is 6. The lowest BCUT2D eigenvalue weighted by atomic mass is 10.2. The zero-order valence-electron chi connectivity index (χ0n) is 10.6. The van der Waals surface area contributed by atoms with E-state index in [1.807, 2.05) is 18.3 Å². The van der Waals surface area contributed by atoms with Gasteiger partial charge in [-0.2, -0.15) is 4.98 Å². The molecule has 3 rings (SSSR count). The number of ether oxygens (including phenoxy) is 1. The minimum atomic E-state index is 0.264. The Morgan fingerprint density at radius 1 is 1.42 bits per heavy atom. The molecule has 1 aliphatic heterocycles. The van der Waals surface area contributed by atoms with Gasteiger partial charge < -0.3 is 14.6 Å². The van der Waals surface area contributed by atoms with E-state index in [0.717, 1.165) is 18.7 Å². The fourth-order valence-corrected chi connectivity index (χ4v) is 2.09. The predicted molar refractivity (Wildman–Crippen MR) is 67.7 cm³/mol. The van der Waals surface area contributed by atoms with E-state index in [2.05, 4.69) is 20.4 Å². The van der Waals surface area contributed by atoms with Crippen molar-refractivity contribution < 1.29 is 9.26 Å². The molecule has 1 aliphatic rings. The second-order valence-corrected chi connectivity index (χ2v) is 4.57. The standard InChI is InChI=1S/C13H16N4O2/c1-2-10(8-14-3-1)6-12-16-13(19-17-12)7-11-9-18-5-4-15-11/h1-3,8,11,15H,4-7,9H2. The van der Waals surface area contributed by atoms with E-state index in [1.165, 1.54) is 0 Å². The highest BCUT2D eigenvalue weighted by Crippen LogP contribution is 2.08. The average molecular weight is 260 g/mol. The molecule has 1 saturated heterocycles. The maximum Gasteiger partial charge on any atom is 0.228 e. The Morgan fingerprint density at radius 3 is 3.21 bits per heavy atom. The zero-order valence-corrected chi connectivity index (χ0v) is 10.6. The molecule has 0 aliphatic carbocycles. The van der Waals surface area contributed by atoms with Gasteiger partial charge >= 0.3 is 0 Å². The highest BCUT2D eigenvalue weighted by Gasteiger charge is 2.17. The summed E-state index contributed by atoms with van der Waals surface area (Å²) in [6.07, 6.45) is 4.92. The van der Waals surface area contributed by atoms with Crippen LogP contribution in [0.4, 0.5) is 0 Å². The van der Waals surface area contributed by atoms with Gasteiger partial charge in [-0.15, -0.1) is 0 Å². The minimum Gasteiger partial charge on any atom is -0.378 e. The SMILES string of the molecule is c1cncc(Cc2noc(CC3COCCN3)n2)c1. The van der Waals surface area contributed by atoms with Crippen LogP contribution < -0.4 is 5.32 Å². The minimum absolute atomic E-state index is 0.264. The van der Waals surface area contributed by atoms with Crippen LogP contribution in [0.15, 0.2) is 29.0 Å². The van der Waals surface area contributed by atoms with Gasteiger partial charge in [0.2, 0.25) is 5.89 Å². The first-order chi connectivity index (χ1) is 9.40. The van der Waals surface area contributed by atoms with Gasteiger partial charge in [-0.25, -0.2) is 0 Å². The average Bonchev–Trinajstić information content (AvgIpc) is 2.88. The molecule has 6 nitrogen and oxygen atoms in total. The fourth-order valence-electron chi connectivity index (χ4n) is 2.09. The lowest BCUT2D eigenvalue weighted by Gasteiger charge is -2.22. The van der Waals surface area contributed by atoms with Crippen molar-refractivity contribution in [3.8, 4) is 0 Å². The van der Waals surface area contributed by atoms with Gasteiger partial charge in [0.25, 0.3) is 0 Å². The van der Waals surface area contributed by atoms with E-state index < -0.39 is 0 Å². The monoisotopic (exact) mass is 260 g/mol. The quantitative estimate of drug-likeness (QED) is 0.867. The summed E-state index contributed by atoms with van der Waals surface area (Å²) in [6, 6.07) is 4.17. The molecule has 0 aromatic carbocycles. The third-order valence-corrected chi connectivity index (χ3v) is 3.01. The molecule has 0 amide bonds. The number of hydrogen-bond donors (Lipinski definition) is 1. The lowest BCUT2D eigenvalue weighted by molar-refractivity contribution is 0.0744. The summed E-state index contributed by atoms with van der Waals surface area (Å²) in [7, 11) is 0. The molecule has 0 bridgehead atoms. The van der Waals surface area contributed by atoms with Gasteiger partial charge in [-0.1, -0.05) is 11.2 Å². The molecule has 3 heterocycles. The van der Waals surface area contributed by atoms with Gasteiger partial charge in [-0.05, 0) is 11.6 Å². The predicted octanol–water partition coefficient (Wildman–Crippen LogP) is 0.586. The molecule has 1 atom stereocenters. The fraction of sp³-hybridized carbons (Fsp3) is 0.462. The normalized spacial score (nSPS) is 19.5. The second-order valence-electron chi connectivity index (χ2n) is 4.57. The van der Waals surface area contributed by atoms with E-state index in [9.17, 15) is 0 Å². The summed E-state index contributed by atoms with van der Waals surface area (Å²) in [5, 5.41) is 7.36. The van der Waals surface area contributed by atoms with Crippen molar-refractivity contribution in [2.75, 3.05) is 19.8 Å². The van der Waals surface area contributed by atoms with E-state index in [4.69, 9.17) is 9.26 Å². The largest absolute Gasteiger partial charge is 0.378 e. The van der Waals surface area contributed by atoms with Crippen LogP contribution in [0.25, 0.3) is 0 Å². The van der Waals surface area contributed by atoms with Crippen molar-refractivity contribution in [2.45, 2.75) is 18.9 Å². The molecule has 6 heteroatoms. The molecule has 0 spiro atoms. The van der Waals surface area contributed by atoms with Crippen molar-refractivity contribution >= 4 is 0 Å². The van der Waals surface area contributed by atoms with Crippen LogP contribution in [-0.4, -0.2) is 40.9 Å². The summed E-state index contributed by atoms with van der Waals surface area (Å²) in [6.45, 7) is 2.34. The number of nitrogens with zero attached hydrogens (tertiary/aromatic N) is 3. The summed E-state index contributed by atoms with van der Waals surface area (Å²) >= 11 is 0. The van der Waals surface area contributed by atoms with Crippen LogP contribution in [0.5, 0.6) is 0 Å². The van der Waals surface area contributed by atoms with Crippen LogP contribution in [0.3, 0.4) is 0 Å². The van der Waals surface area contributed by atoms with Crippen LogP contribution in [0, 0.1) is 0 Å². The Hall–Kier alpha value is -1.79. The second kappa shape index (κ2) is 5.90. The van der Waals surface area contributed by atoms with Crippen LogP contribution in [0.2, 0.25) is 0 Å². The Bertz CT molecular complexity index is 508. The van der Waals surface area contributed by atoms with Gasteiger partial charge in [0.1, 0.15) is 0 Å². The van der Waals surface area contributed by atoms with Crippen LogP contribution >= 0.6 is 0 Å². The zero-order chi connectivity index (χ0) is 12.9. The van der Waals surface area contributed by atoms with Crippen molar-refractivity contribution in [2.24, 2.45) is 0 Å². The summed E-state index contributed by atoms with van der Waals surface area (Å²) in [4.78, 5) is 8.47. The summed E-state index contributed by atoms with van der Waals surface area (Å²) in [5.41, 5.74) is 1.08. The molecular formula is C13H16N4O2. The molecule has 2 aromatic rings. The van der Waals surface area contributed by atoms with E-state index in [-0.39, 0.29) is 6.04 Å². The maximum absolute atomic E-state index is 5.40. The van der Waals surface area contributed by atoms with Crippen molar-refractivity contribution in [1.82, 2.24) is 20.4 Å². The molecule has 2 aromatic heterocycles. The van der Waals surface area contributed by atoms with Crippen molar-refractivity contribution in [3.63, 3.8) is 0 Å². The topological polar surface area (TPSA) is 73.1 Å². The molecule has 0 saturated carbocycles. The van der Waals surface area contributed by atoms with Gasteiger partial charge in [-0.3, -0.25) is 4.98 Å². The van der Waals surface area contributed by atoms with E-state index >= 15 is 0 Å².